The summed E-state index contributed by atoms with van der Waals surface area (Å²) in [5.41, 5.74) is 1.33. The zero-order chi connectivity index (χ0) is 18.8. The lowest BCUT2D eigenvalue weighted by Gasteiger charge is -2.13. The topological polar surface area (TPSA) is 76.7 Å². The molecule has 0 unspecified atom stereocenters. The van der Waals surface area contributed by atoms with E-state index < -0.39 is 0 Å². The molecule has 0 aromatic heterocycles. The number of nitrogens with one attached hydrogen (secondary N) is 2. The minimum atomic E-state index is -0.132. The average Bonchev–Trinajstić information content (AvgIpc) is 2.59. The number of ether oxygens (including phenoxy) is 2. The summed E-state index contributed by atoms with van der Waals surface area (Å²) in [4.78, 5) is 22.4. The number of amides is 2. The van der Waals surface area contributed by atoms with Crippen molar-refractivity contribution in [2.75, 3.05) is 23.8 Å². The maximum Gasteiger partial charge on any atom is 0.221 e. The van der Waals surface area contributed by atoms with Gasteiger partial charge in [0.2, 0.25) is 11.8 Å². The Morgan fingerprint density at radius 3 is 1.50 bits per heavy atom. The fourth-order valence-electron chi connectivity index (χ4n) is 2.34. The second-order valence-electron chi connectivity index (χ2n) is 5.76. The number of carbonyl (C=O) groups is 2. The first kappa shape index (κ1) is 19.3. The summed E-state index contributed by atoms with van der Waals surface area (Å²) in [5, 5.41) is 5.49. The number of carbonyl (C=O) groups excluding carboxylic acids is 2. The van der Waals surface area contributed by atoms with Crippen LogP contribution < -0.4 is 20.1 Å². The van der Waals surface area contributed by atoms with E-state index >= 15 is 0 Å². The Hall–Kier alpha value is -3.02. The highest BCUT2D eigenvalue weighted by atomic mass is 16.5. The Balaban J connectivity index is 1.74. The van der Waals surface area contributed by atoms with Crippen LogP contribution in [0.2, 0.25) is 0 Å². The van der Waals surface area contributed by atoms with E-state index in [1.807, 2.05) is 36.4 Å². The van der Waals surface area contributed by atoms with Crippen LogP contribution in [-0.2, 0) is 9.59 Å². The van der Waals surface area contributed by atoms with Gasteiger partial charge in [-0.1, -0.05) is 24.3 Å². The van der Waals surface area contributed by atoms with Crippen molar-refractivity contribution >= 4 is 23.2 Å². The summed E-state index contributed by atoms with van der Waals surface area (Å²) in [5.74, 6) is 1.04. The predicted octanol–water partition coefficient (Wildman–Crippen LogP) is 3.84. The van der Waals surface area contributed by atoms with E-state index in [4.69, 9.17) is 9.47 Å². The summed E-state index contributed by atoms with van der Waals surface area (Å²) < 4.78 is 11.5. The van der Waals surface area contributed by atoms with Crippen molar-refractivity contribution in [3.05, 3.63) is 48.5 Å². The van der Waals surface area contributed by atoms with E-state index in [1.54, 1.807) is 12.1 Å². The highest BCUT2D eigenvalue weighted by Crippen LogP contribution is 2.25. The van der Waals surface area contributed by atoms with Crippen molar-refractivity contribution in [2.45, 2.75) is 26.7 Å². The molecule has 0 heterocycles. The van der Waals surface area contributed by atoms with Gasteiger partial charge >= 0.3 is 0 Å². The SMILES string of the molecule is CC(=O)Nc1ccccc1OCCCCOc1ccccc1NC(C)=O. The molecule has 0 spiro atoms. The van der Waals surface area contributed by atoms with Crippen molar-refractivity contribution in [1.29, 1.82) is 0 Å². The first-order valence-corrected chi connectivity index (χ1v) is 8.55. The molecule has 26 heavy (non-hydrogen) atoms. The summed E-state index contributed by atoms with van der Waals surface area (Å²) >= 11 is 0. The van der Waals surface area contributed by atoms with Gasteiger partial charge < -0.3 is 20.1 Å². The molecule has 2 rings (SSSR count). The third-order valence-electron chi connectivity index (χ3n) is 3.45. The van der Waals surface area contributed by atoms with E-state index in [9.17, 15) is 9.59 Å². The van der Waals surface area contributed by atoms with Gasteiger partial charge in [-0.05, 0) is 37.1 Å². The number of rotatable bonds is 9. The fraction of sp³-hybridized carbons (Fsp3) is 0.300. The first-order chi connectivity index (χ1) is 12.6. The lowest BCUT2D eigenvalue weighted by atomic mass is 10.2. The van der Waals surface area contributed by atoms with Crippen molar-refractivity contribution in [1.82, 2.24) is 0 Å². The van der Waals surface area contributed by atoms with Crippen molar-refractivity contribution in [3.8, 4) is 11.5 Å². The molecule has 0 saturated carbocycles. The molecule has 2 amide bonds. The summed E-state index contributed by atoms with van der Waals surface area (Å²) in [7, 11) is 0. The zero-order valence-corrected chi connectivity index (χ0v) is 15.1. The van der Waals surface area contributed by atoms with Crippen LogP contribution in [0.15, 0.2) is 48.5 Å². The van der Waals surface area contributed by atoms with Gasteiger partial charge in [-0.2, -0.15) is 0 Å². The van der Waals surface area contributed by atoms with Gasteiger partial charge in [0, 0.05) is 13.8 Å². The van der Waals surface area contributed by atoms with Gasteiger partial charge in [-0.15, -0.1) is 0 Å². The molecule has 0 bridgehead atoms. The lowest BCUT2D eigenvalue weighted by Crippen LogP contribution is -2.09. The third-order valence-corrected chi connectivity index (χ3v) is 3.45. The first-order valence-electron chi connectivity index (χ1n) is 8.55. The highest BCUT2D eigenvalue weighted by molar-refractivity contribution is 5.90. The normalized spacial score (nSPS) is 10.1. The number of hydrogen-bond donors (Lipinski definition) is 2. The molecule has 138 valence electrons. The lowest BCUT2D eigenvalue weighted by molar-refractivity contribution is -0.115. The van der Waals surface area contributed by atoms with E-state index in [0.717, 1.165) is 12.8 Å². The van der Waals surface area contributed by atoms with Crippen LogP contribution in [0.25, 0.3) is 0 Å². The Morgan fingerprint density at radius 2 is 1.12 bits per heavy atom. The molecule has 0 aliphatic carbocycles. The molecule has 0 aliphatic rings. The molecule has 2 aromatic carbocycles. The molecule has 0 fully saturated rings. The average molecular weight is 356 g/mol. The van der Waals surface area contributed by atoms with Gasteiger partial charge in [0.1, 0.15) is 11.5 Å². The van der Waals surface area contributed by atoms with E-state index in [1.165, 1.54) is 13.8 Å². The minimum Gasteiger partial charge on any atom is -0.491 e. The van der Waals surface area contributed by atoms with E-state index in [-0.39, 0.29) is 11.8 Å². The van der Waals surface area contributed by atoms with Crippen LogP contribution in [-0.4, -0.2) is 25.0 Å². The van der Waals surface area contributed by atoms with Gasteiger partial charge in [-0.25, -0.2) is 0 Å². The van der Waals surface area contributed by atoms with Crippen molar-refractivity contribution < 1.29 is 19.1 Å². The molecular weight excluding hydrogens is 332 g/mol. The van der Waals surface area contributed by atoms with Crippen LogP contribution >= 0.6 is 0 Å². The monoisotopic (exact) mass is 356 g/mol. The van der Waals surface area contributed by atoms with Crippen molar-refractivity contribution in [2.24, 2.45) is 0 Å². The molecule has 0 aliphatic heterocycles. The standard InChI is InChI=1S/C20H24N2O4/c1-15(23)21-17-9-3-5-11-19(17)25-13-7-8-14-26-20-12-6-4-10-18(20)22-16(2)24/h3-6,9-12H,7-8,13-14H2,1-2H3,(H,21,23)(H,22,24). The van der Waals surface area contributed by atoms with Crippen LogP contribution in [0.4, 0.5) is 11.4 Å². The molecule has 2 aromatic rings. The maximum absolute atomic E-state index is 11.2. The zero-order valence-electron chi connectivity index (χ0n) is 15.1. The van der Waals surface area contributed by atoms with Crippen LogP contribution in [0, 0.1) is 0 Å². The van der Waals surface area contributed by atoms with E-state index in [0.29, 0.717) is 36.1 Å². The Labute approximate surface area is 153 Å². The Morgan fingerprint density at radius 1 is 0.731 bits per heavy atom. The molecule has 0 saturated heterocycles. The number of unbranched alkanes of at least 4 members (excludes halogenated alkanes) is 1. The minimum absolute atomic E-state index is 0.132. The number of benzene rings is 2. The van der Waals surface area contributed by atoms with Crippen LogP contribution in [0.1, 0.15) is 26.7 Å². The number of para-hydroxylation sites is 4. The van der Waals surface area contributed by atoms with Gasteiger partial charge in [0.25, 0.3) is 0 Å². The molecule has 6 nitrogen and oxygen atoms in total. The predicted molar refractivity (Wildman–Crippen MR) is 102 cm³/mol. The third kappa shape index (κ3) is 6.47. The second-order valence-corrected chi connectivity index (χ2v) is 5.76. The molecular formula is C20H24N2O4. The Bertz CT molecular complexity index is 683. The van der Waals surface area contributed by atoms with Gasteiger partial charge in [0.05, 0.1) is 24.6 Å². The number of hydrogen-bond acceptors (Lipinski definition) is 4. The summed E-state index contributed by atoms with van der Waals surface area (Å²) in [6.07, 6.45) is 1.60. The second kappa shape index (κ2) is 10.1. The Kier molecular flexibility index (Phi) is 7.49. The van der Waals surface area contributed by atoms with Crippen molar-refractivity contribution in [3.63, 3.8) is 0 Å². The fourth-order valence-corrected chi connectivity index (χ4v) is 2.34. The highest BCUT2D eigenvalue weighted by Gasteiger charge is 2.05. The molecule has 0 atom stereocenters. The van der Waals surface area contributed by atoms with Gasteiger partial charge in [-0.3, -0.25) is 9.59 Å². The molecule has 0 radical (unpaired) electrons. The van der Waals surface area contributed by atoms with Gasteiger partial charge in [0.15, 0.2) is 0 Å². The quantitative estimate of drug-likeness (QED) is 0.669. The molecule has 6 heteroatoms. The van der Waals surface area contributed by atoms with Crippen LogP contribution in [0.3, 0.4) is 0 Å². The largest absolute Gasteiger partial charge is 0.491 e. The maximum atomic E-state index is 11.2. The van der Waals surface area contributed by atoms with E-state index in [2.05, 4.69) is 10.6 Å². The summed E-state index contributed by atoms with van der Waals surface area (Å²) in [6, 6.07) is 14.7. The summed E-state index contributed by atoms with van der Waals surface area (Å²) in [6.45, 7) is 3.97. The smallest absolute Gasteiger partial charge is 0.221 e. The molecule has 2 N–H and O–H groups in total. The van der Waals surface area contributed by atoms with Crippen LogP contribution in [0.5, 0.6) is 11.5 Å². The number of anilines is 2.